The Labute approximate surface area is 115 Å². The van der Waals surface area contributed by atoms with Crippen molar-refractivity contribution < 1.29 is 0 Å². The summed E-state index contributed by atoms with van der Waals surface area (Å²) in [6.45, 7) is 5.47. The molecule has 1 unspecified atom stereocenters. The van der Waals surface area contributed by atoms with Gasteiger partial charge in [0, 0.05) is 9.72 Å². The van der Waals surface area contributed by atoms with Gasteiger partial charge in [-0.2, -0.15) is 0 Å². The van der Waals surface area contributed by atoms with E-state index in [1.54, 1.807) is 0 Å². The highest BCUT2D eigenvalue weighted by molar-refractivity contribution is 9.10. The molecule has 1 aromatic carbocycles. The molecule has 0 aromatic heterocycles. The van der Waals surface area contributed by atoms with Gasteiger partial charge in [0.05, 0.1) is 12.2 Å². The molecule has 1 N–H and O–H groups in total. The second-order valence-corrected chi connectivity index (χ2v) is 6.76. The molecule has 0 radical (unpaired) electrons. The molecule has 0 saturated heterocycles. The minimum absolute atomic E-state index is 0.639. The summed E-state index contributed by atoms with van der Waals surface area (Å²) in [6, 6.07) is 8.14. The van der Waals surface area contributed by atoms with Crippen LogP contribution in [0.15, 0.2) is 33.7 Å². The molecule has 1 aliphatic rings. The Kier molecular flexibility index (Phi) is 4.51. The van der Waals surface area contributed by atoms with Gasteiger partial charge < -0.3 is 5.32 Å². The fourth-order valence-electron chi connectivity index (χ4n) is 1.81. The van der Waals surface area contributed by atoms with E-state index in [1.165, 1.54) is 6.42 Å². The van der Waals surface area contributed by atoms with E-state index < -0.39 is 0 Å². The highest BCUT2D eigenvalue weighted by atomic mass is 79.9. The smallest absolute Gasteiger partial charge is 0.161 e. The topological polar surface area (TPSA) is 24.4 Å². The Hall–Kier alpha value is -0.480. The third-order valence-corrected chi connectivity index (χ3v) is 4.39. The van der Waals surface area contributed by atoms with Gasteiger partial charge in [-0.1, -0.05) is 37.7 Å². The Morgan fingerprint density at radius 3 is 2.94 bits per heavy atom. The lowest BCUT2D eigenvalue weighted by Crippen LogP contribution is -2.09. The van der Waals surface area contributed by atoms with Crippen LogP contribution in [0.1, 0.15) is 20.3 Å². The largest absolute Gasteiger partial charge is 0.334 e. The van der Waals surface area contributed by atoms with Crippen LogP contribution in [0.4, 0.5) is 5.69 Å². The van der Waals surface area contributed by atoms with Crippen molar-refractivity contribution in [3.05, 3.63) is 28.7 Å². The van der Waals surface area contributed by atoms with Crippen LogP contribution in [0.5, 0.6) is 0 Å². The quantitative estimate of drug-likeness (QED) is 0.895. The van der Waals surface area contributed by atoms with Crippen LogP contribution in [0, 0.1) is 5.92 Å². The average molecular weight is 313 g/mol. The zero-order valence-electron chi connectivity index (χ0n) is 10.1. The summed E-state index contributed by atoms with van der Waals surface area (Å²) in [5.41, 5.74) is 1.09. The van der Waals surface area contributed by atoms with Crippen LogP contribution < -0.4 is 5.32 Å². The van der Waals surface area contributed by atoms with Crippen LogP contribution in [-0.2, 0) is 0 Å². The van der Waals surface area contributed by atoms with Crippen molar-refractivity contribution in [3.63, 3.8) is 0 Å². The summed E-state index contributed by atoms with van der Waals surface area (Å²) in [7, 11) is 0. The molecule has 0 spiro atoms. The average Bonchev–Trinajstić information content (AvgIpc) is 2.68. The zero-order valence-corrected chi connectivity index (χ0v) is 12.5. The van der Waals surface area contributed by atoms with E-state index in [1.807, 2.05) is 30.0 Å². The Bertz CT molecular complexity index is 418. The molecule has 92 valence electrons. The Morgan fingerprint density at radius 2 is 2.24 bits per heavy atom. The summed E-state index contributed by atoms with van der Waals surface area (Å²) >= 11 is 5.39. The number of para-hydroxylation sites is 1. The lowest BCUT2D eigenvalue weighted by molar-refractivity contribution is 0.575. The van der Waals surface area contributed by atoms with Crippen LogP contribution in [0.3, 0.4) is 0 Å². The maximum atomic E-state index is 4.55. The molecule has 0 amide bonds. The van der Waals surface area contributed by atoms with Crippen LogP contribution in [0.2, 0.25) is 0 Å². The number of anilines is 1. The van der Waals surface area contributed by atoms with Gasteiger partial charge in [0.15, 0.2) is 5.17 Å². The molecular weight excluding hydrogens is 296 g/mol. The first-order valence-electron chi connectivity index (χ1n) is 5.88. The van der Waals surface area contributed by atoms with Crippen LogP contribution >= 0.6 is 27.7 Å². The lowest BCUT2D eigenvalue weighted by atomic mass is 10.1. The van der Waals surface area contributed by atoms with Crippen molar-refractivity contribution in [2.75, 3.05) is 11.9 Å². The van der Waals surface area contributed by atoms with Gasteiger partial charge in [0.25, 0.3) is 0 Å². The third kappa shape index (κ3) is 3.75. The molecule has 0 fully saturated rings. The number of rotatable bonds is 3. The van der Waals surface area contributed by atoms with Crippen molar-refractivity contribution >= 4 is 38.5 Å². The molecule has 4 heteroatoms. The molecule has 17 heavy (non-hydrogen) atoms. The number of hydrogen-bond donors (Lipinski definition) is 1. The molecule has 2 rings (SSSR count). The number of hydrogen-bond acceptors (Lipinski definition) is 3. The summed E-state index contributed by atoms with van der Waals surface area (Å²) < 4.78 is 1.08. The molecule has 0 saturated carbocycles. The standard InChI is InChI=1S/C13H17BrN2S/c1-9(2)7-10-8-15-13(17-10)16-12-6-4-3-5-11(12)14/h3-6,9-10H,7-8H2,1-2H3,(H,15,16). The SMILES string of the molecule is CC(C)CC1CN=C(Nc2ccccc2Br)S1. The van der Waals surface area contributed by atoms with E-state index in [0.29, 0.717) is 5.25 Å². The normalized spacial score (nSPS) is 19.5. The highest BCUT2D eigenvalue weighted by Gasteiger charge is 2.20. The van der Waals surface area contributed by atoms with E-state index in [0.717, 1.165) is 27.8 Å². The zero-order chi connectivity index (χ0) is 12.3. The van der Waals surface area contributed by atoms with E-state index in [4.69, 9.17) is 0 Å². The summed E-state index contributed by atoms with van der Waals surface area (Å²) in [5.74, 6) is 0.741. The number of aliphatic imine (C=N–C) groups is 1. The fourth-order valence-corrected chi connectivity index (χ4v) is 3.46. The molecular formula is C13H17BrN2S. The fraction of sp³-hybridized carbons (Fsp3) is 0.462. The molecule has 1 atom stereocenters. The van der Waals surface area contributed by atoms with Crippen molar-refractivity contribution in [3.8, 4) is 0 Å². The first kappa shape index (κ1) is 13.0. The van der Waals surface area contributed by atoms with Gasteiger partial charge in [-0.05, 0) is 40.4 Å². The second kappa shape index (κ2) is 5.91. The number of benzene rings is 1. The molecule has 1 aromatic rings. The molecule has 2 nitrogen and oxygen atoms in total. The Morgan fingerprint density at radius 1 is 1.47 bits per heavy atom. The first-order valence-corrected chi connectivity index (χ1v) is 7.55. The molecule has 1 heterocycles. The number of halogens is 1. The monoisotopic (exact) mass is 312 g/mol. The summed E-state index contributed by atoms with van der Waals surface area (Å²) in [6.07, 6.45) is 1.23. The van der Waals surface area contributed by atoms with Crippen LogP contribution in [0.25, 0.3) is 0 Å². The third-order valence-electron chi connectivity index (χ3n) is 2.57. The van der Waals surface area contributed by atoms with E-state index in [2.05, 4.69) is 46.2 Å². The maximum Gasteiger partial charge on any atom is 0.161 e. The van der Waals surface area contributed by atoms with Crippen molar-refractivity contribution in [1.82, 2.24) is 0 Å². The molecule has 0 bridgehead atoms. The number of amidine groups is 1. The van der Waals surface area contributed by atoms with Crippen molar-refractivity contribution in [2.24, 2.45) is 10.9 Å². The Balaban J connectivity index is 1.92. The van der Waals surface area contributed by atoms with Gasteiger partial charge in [-0.25, -0.2) is 0 Å². The van der Waals surface area contributed by atoms with Crippen LogP contribution in [-0.4, -0.2) is 17.0 Å². The van der Waals surface area contributed by atoms with Gasteiger partial charge in [-0.15, -0.1) is 0 Å². The van der Waals surface area contributed by atoms with E-state index in [9.17, 15) is 0 Å². The van der Waals surface area contributed by atoms with Gasteiger partial charge in [0.2, 0.25) is 0 Å². The minimum Gasteiger partial charge on any atom is -0.334 e. The number of nitrogens with one attached hydrogen (secondary N) is 1. The molecule has 1 aliphatic heterocycles. The van der Waals surface area contributed by atoms with Crippen molar-refractivity contribution in [2.45, 2.75) is 25.5 Å². The minimum atomic E-state index is 0.639. The van der Waals surface area contributed by atoms with E-state index in [-0.39, 0.29) is 0 Å². The molecule has 0 aliphatic carbocycles. The van der Waals surface area contributed by atoms with Crippen molar-refractivity contribution in [1.29, 1.82) is 0 Å². The summed E-state index contributed by atoms with van der Waals surface area (Å²) in [5, 5.41) is 5.06. The predicted molar refractivity (Wildman–Crippen MR) is 80.9 cm³/mol. The van der Waals surface area contributed by atoms with E-state index >= 15 is 0 Å². The maximum absolute atomic E-state index is 4.55. The highest BCUT2D eigenvalue weighted by Crippen LogP contribution is 2.29. The van der Waals surface area contributed by atoms with Gasteiger partial charge >= 0.3 is 0 Å². The number of thioether (sulfide) groups is 1. The summed E-state index contributed by atoms with van der Waals surface area (Å²) in [4.78, 5) is 4.55. The first-order chi connectivity index (χ1) is 8.15. The van der Waals surface area contributed by atoms with Gasteiger partial charge in [-0.3, -0.25) is 4.99 Å². The predicted octanol–water partition coefficient (Wildman–Crippen LogP) is 4.38. The second-order valence-electron chi connectivity index (χ2n) is 4.62. The number of nitrogens with zero attached hydrogens (tertiary/aromatic N) is 1. The van der Waals surface area contributed by atoms with Gasteiger partial charge in [0.1, 0.15) is 0 Å². The lowest BCUT2D eigenvalue weighted by Gasteiger charge is -2.11.